The minimum Gasteiger partial charge on any atom is -0.324 e. The van der Waals surface area contributed by atoms with Crippen molar-refractivity contribution in [3.05, 3.63) is 57.9 Å². The van der Waals surface area contributed by atoms with E-state index in [0.717, 1.165) is 29.4 Å². The van der Waals surface area contributed by atoms with E-state index in [1.54, 1.807) is 10.8 Å². The number of rotatable bonds is 7. The van der Waals surface area contributed by atoms with Crippen molar-refractivity contribution in [2.24, 2.45) is 5.14 Å². The number of hydrogen-bond donors (Lipinski definition) is 2. The van der Waals surface area contributed by atoms with Crippen molar-refractivity contribution >= 4 is 71.8 Å². The van der Waals surface area contributed by atoms with Gasteiger partial charge >= 0.3 is 0 Å². The van der Waals surface area contributed by atoms with Crippen LogP contribution in [-0.4, -0.2) is 45.0 Å². The van der Waals surface area contributed by atoms with Gasteiger partial charge in [0, 0.05) is 5.39 Å². The molecule has 14 heteroatoms. The Morgan fingerprint density at radius 2 is 2.00 bits per heavy atom. The molecule has 5 rings (SSSR count). The standard InChI is InChI=1S/C21H17BrClN7O3S2/c22-20-28-29-21(34-10-18(31)26-16-5-3-12(9-15(16)23)35(24,32)33)30(20)17-6-4-13(11-1-2-11)14-7-8-25-27-19(14)17/h3-9,11H,1-2,10H2,(H,26,31)(H2,24,32,33). The van der Waals surface area contributed by atoms with Crippen molar-refractivity contribution in [1.82, 2.24) is 25.0 Å². The molecule has 0 saturated heterocycles. The lowest BCUT2D eigenvalue weighted by molar-refractivity contribution is -0.113. The SMILES string of the molecule is NS(=O)(=O)c1ccc(NC(=O)CSc2nnc(Br)n2-c2ccc(C3CC3)c3ccnnc23)c(Cl)c1. The van der Waals surface area contributed by atoms with Crippen LogP contribution in [0.5, 0.6) is 0 Å². The summed E-state index contributed by atoms with van der Waals surface area (Å²) in [6.07, 6.45) is 4.01. The summed E-state index contributed by atoms with van der Waals surface area (Å²) in [6, 6.07) is 9.87. The predicted octanol–water partition coefficient (Wildman–Crippen LogP) is 3.88. The number of thioether (sulfide) groups is 1. The molecule has 2 aromatic heterocycles. The van der Waals surface area contributed by atoms with E-state index in [4.69, 9.17) is 16.7 Å². The fraction of sp³-hybridized carbons (Fsp3) is 0.190. The minimum absolute atomic E-state index is 0.00215. The molecule has 1 amide bonds. The van der Waals surface area contributed by atoms with Crippen molar-refractivity contribution in [3.8, 4) is 5.69 Å². The van der Waals surface area contributed by atoms with Crippen molar-refractivity contribution < 1.29 is 13.2 Å². The Morgan fingerprint density at radius 1 is 1.20 bits per heavy atom. The average Bonchev–Trinajstić information content (AvgIpc) is 3.60. The van der Waals surface area contributed by atoms with Crippen LogP contribution in [0.1, 0.15) is 24.3 Å². The van der Waals surface area contributed by atoms with Crippen LogP contribution in [0.25, 0.3) is 16.6 Å². The van der Waals surface area contributed by atoms with E-state index >= 15 is 0 Å². The third-order valence-electron chi connectivity index (χ3n) is 5.42. The Hall–Kier alpha value is -2.58. The number of fused-ring (bicyclic) bond motifs is 1. The summed E-state index contributed by atoms with van der Waals surface area (Å²) in [6.45, 7) is 0. The van der Waals surface area contributed by atoms with Crippen LogP contribution in [0.4, 0.5) is 5.69 Å². The first-order valence-corrected chi connectivity index (χ1v) is 14.0. The first-order valence-electron chi connectivity index (χ1n) is 10.3. The fourth-order valence-corrected chi connectivity index (χ4v) is 5.79. The topological polar surface area (TPSA) is 146 Å². The lowest BCUT2D eigenvalue weighted by atomic mass is 10.0. The largest absolute Gasteiger partial charge is 0.324 e. The molecule has 2 heterocycles. The van der Waals surface area contributed by atoms with Gasteiger partial charge in [-0.2, -0.15) is 5.10 Å². The fourth-order valence-electron chi connectivity index (χ4n) is 3.66. The molecule has 2 aromatic carbocycles. The molecule has 1 aliphatic rings. The van der Waals surface area contributed by atoms with Gasteiger partial charge in [0.05, 0.1) is 33.2 Å². The minimum atomic E-state index is -3.90. The summed E-state index contributed by atoms with van der Waals surface area (Å²) in [5.41, 5.74) is 3.00. The smallest absolute Gasteiger partial charge is 0.238 e. The van der Waals surface area contributed by atoms with Crippen LogP contribution in [0.3, 0.4) is 0 Å². The van der Waals surface area contributed by atoms with E-state index in [1.165, 1.54) is 35.5 Å². The number of nitrogens with one attached hydrogen (secondary N) is 1. The number of nitrogens with two attached hydrogens (primary N) is 1. The Morgan fingerprint density at radius 3 is 2.71 bits per heavy atom. The van der Waals surface area contributed by atoms with Crippen molar-refractivity contribution in [3.63, 3.8) is 0 Å². The summed E-state index contributed by atoms with van der Waals surface area (Å²) in [4.78, 5) is 12.4. The Bertz CT molecular complexity index is 1570. The molecule has 180 valence electrons. The maximum absolute atomic E-state index is 12.6. The van der Waals surface area contributed by atoms with Gasteiger partial charge in [-0.1, -0.05) is 29.4 Å². The number of nitrogens with zero attached hydrogens (tertiary/aromatic N) is 5. The summed E-state index contributed by atoms with van der Waals surface area (Å²) < 4.78 is 25.2. The van der Waals surface area contributed by atoms with Crippen molar-refractivity contribution in [1.29, 1.82) is 0 Å². The number of benzene rings is 2. The third kappa shape index (κ3) is 5.05. The summed E-state index contributed by atoms with van der Waals surface area (Å²) >= 11 is 10.7. The van der Waals surface area contributed by atoms with Crippen molar-refractivity contribution in [2.75, 3.05) is 11.1 Å². The number of anilines is 1. The molecule has 0 unspecified atom stereocenters. The number of carbonyl (C=O) groups is 1. The monoisotopic (exact) mass is 593 g/mol. The molecule has 1 aliphatic carbocycles. The number of aromatic nitrogens is 5. The van der Waals surface area contributed by atoms with Crippen LogP contribution in [0.15, 0.2) is 57.4 Å². The zero-order valence-corrected chi connectivity index (χ0v) is 21.8. The van der Waals surface area contributed by atoms with Crippen LogP contribution in [-0.2, 0) is 14.8 Å². The van der Waals surface area contributed by atoms with Gasteiger partial charge in [0.1, 0.15) is 5.52 Å². The lowest BCUT2D eigenvalue weighted by Gasteiger charge is -2.12. The summed E-state index contributed by atoms with van der Waals surface area (Å²) in [5.74, 6) is 0.186. The van der Waals surface area contributed by atoms with Gasteiger partial charge in [-0.15, -0.1) is 15.3 Å². The number of halogens is 2. The molecule has 3 N–H and O–H groups in total. The maximum atomic E-state index is 12.6. The second-order valence-electron chi connectivity index (χ2n) is 7.85. The highest BCUT2D eigenvalue weighted by Crippen LogP contribution is 2.44. The van der Waals surface area contributed by atoms with Gasteiger partial charge < -0.3 is 5.32 Å². The second-order valence-corrected chi connectivity index (χ2v) is 11.5. The molecule has 0 radical (unpaired) electrons. The molecule has 0 atom stereocenters. The highest BCUT2D eigenvalue weighted by Gasteiger charge is 2.27. The second kappa shape index (κ2) is 9.47. The molecule has 0 aliphatic heterocycles. The average molecular weight is 595 g/mol. The van der Waals surface area contributed by atoms with E-state index in [1.807, 2.05) is 12.1 Å². The number of primary sulfonamides is 1. The van der Waals surface area contributed by atoms with E-state index in [0.29, 0.717) is 15.8 Å². The molecule has 0 bridgehead atoms. The number of sulfonamides is 1. The normalized spacial score (nSPS) is 13.8. The first-order chi connectivity index (χ1) is 16.7. The third-order valence-corrected chi connectivity index (χ3v) is 8.09. The van der Waals surface area contributed by atoms with Crippen LogP contribution in [0, 0.1) is 0 Å². The van der Waals surface area contributed by atoms with E-state index in [-0.39, 0.29) is 27.3 Å². The Kier molecular flexibility index (Phi) is 6.53. The molecule has 1 saturated carbocycles. The van der Waals surface area contributed by atoms with Crippen molar-refractivity contribution in [2.45, 2.75) is 28.8 Å². The van der Waals surface area contributed by atoms with E-state index in [9.17, 15) is 13.2 Å². The van der Waals surface area contributed by atoms with Gasteiger partial charge in [0.2, 0.25) is 20.7 Å². The molecular formula is C21H17BrClN7O3S2. The number of carbonyl (C=O) groups excluding carboxylic acids is 1. The molecular weight excluding hydrogens is 578 g/mol. The molecule has 4 aromatic rings. The van der Waals surface area contributed by atoms with Gasteiger partial charge in [-0.25, -0.2) is 13.6 Å². The number of hydrogen-bond acceptors (Lipinski definition) is 8. The highest BCUT2D eigenvalue weighted by atomic mass is 79.9. The van der Waals surface area contributed by atoms with Gasteiger partial charge in [0.25, 0.3) is 0 Å². The van der Waals surface area contributed by atoms with Crippen LogP contribution < -0.4 is 10.5 Å². The first kappa shape index (κ1) is 24.1. The Labute approximate surface area is 217 Å². The molecule has 0 spiro atoms. The number of amides is 1. The predicted molar refractivity (Wildman–Crippen MR) is 136 cm³/mol. The molecule has 1 fully saturated rings. The van der Waals surface area contributed by atoms with Gasteiger partial charge in [-0.05, 0) is 70.6 Å². The van der Waals surface area contributed by atoms with Gasteiger partial charge in [-0.3, -0.25) is 9.36 Å². The molecule has 35 heavy (non-hydrogen) atoms. The summed E-state index contributed by atoms with van der Waals surface area (Å²) in [7, 11) is -3.90. The van der Waals surface area contributed by atoms with Crippen LogP contribution in [0.2, 0.25) is 5.02 Å². The maximum Gasteiger partial charge on any atom is 0.238 e. The lowest BCUT2D eigenvalue weighted by Crippen LogP contribution is -2.16. The van der Waals surface area contributed by atoms with Crippen LogP contribution >= 0.6 is 39.3 Å². The van der Waals surface area contributed by atoms with E-state index in [2.05, 4.69) is 47.7 Å². The zero-order valence-electron chi connectivity index (χ0n) is 17.9. The highest BCUT2D eigenvalue weighted by molar-refractivity contribution is 9.10. The van der Waals surface area contributed by atoms with Gasteiger partial charge in [0.15, 0.2) is 5.16 Å². The summed E-state index contributed by atoms with van der Waals surface area (Å²) in [5, 5.41) is 26.1. The molecule has 10 nitrogen and oxygen atoms in total. The quantitative estimate of drug-likeness (QED) is 0.307. The Balaban J connectivity index is 1.37. The van der Waals surface area contributed by atoms with E-state index < -0.39 is 10.0 Å². The zero-order chi connectivity index (χ0) is 24.7.